The van der Waals surface area contributed by atoms with Gasteiger partial charge in [-0.15, -0.1) is 0 Å². The third kappa shape index (κ3) is 11.1. The zero-order valence-electron chi connectivity index (χ0n) is 21.9. The molecule has 0 fully saturated rings. The van der Waals surface area contributed by atoms with Gasteiger partial charge in [0.15, 0.2) is 22.0 Å². The molecule has 2 aromatic heterocycles. The molecular formula is C18H30N6Na2O6S4. The predicted molar refractivity (Wildman–Crippen MR) is 128 cm³/mol. The summed E-state index contributed by atoms with van der Waals surface area (Å²) in [5.74, 6) is 1.08. The normalized spacial score (nSPS) is 14.6. The maximum Gasteiger partial charge on any atom is 1.00 e. The van der Waals surface area contributed by atoms with E-state index in [2.05, 4.69) is 30.4 Å². The summed E-state index contributed by atoms with van der Waals surface area (Å²) in [6, 6.07) is 0. The molecule has 2 aromatic rings. The molecule has 0 aliphatic heterocycles. The molecule has 2 heterocycles. The number of nitrogens with zero attached hydrogens (tertiary/aromatic N) is 4. The molecule has 0 saturated carbocycles. The number of H-pyrrole nitrogens is 2. The first kappa shape index (κ1) is 36.8. The van der Waals surface area contributed by atoms with Gasteiger partial charge in [0.1, 0.15) is 0 Å². The van der Waals surface area contributed by atoms with E-state index < -0.39 is 29.7 Å². The molecule has 0 radical (unpaired) electrons. The molecule has 2 unspecified atom stereocenters. The average Bonchev–Trinajstić information content (AvgIpc) is 3.26. The Morgan fingerprint density at radius 1 is 0.750 bits per heavy atom. The predicted octanol–water partition coefficient (Wildman–Crippen LogP) is -3.89. The fourth-order valence-electron chi connectivity index (χ4n) is 3.16. The number of aromatic amines is 2. The Balaban J connectivity index is 0.00000612. The van der Waals surface area contributed by atoms with Gasteiger partial charge in [0.25, 0.3) is 0 Å². The van der Waals surface area contributed by atoms with E-state index in [4.69, 9.17) is 0 Å². The van der Waals surface area contributed by atoms with Crippen LogP contribution in [0, 0.1) is 0 Å². The Morgan fingerprint density at radius 2 is 1.06 bits per heavy atom. The van der Waals surface area contributed by atoms with Crippen LogP contribution in [0.5, 0.6) is 0 Å². The third-order valence-electron chi connectivity index (χ3n) is 5.13. The number of nitrogens with one attached hydrogen (secondary N) is 2. The Morgan fingerprint density at radius 3 is 1.33 bits per heavy atom. The Kier molecular flexibility index (Phi) is 14.8. The first-order valence-electron chi connectivity index (χ1n) is 10.5. The van der Waals surface area contributed by atoms with Gasteiger partial charge in [0.05, 0.1) is 29.7 Å². The Hall–Kier alpha value is 0.800. The van der Waals surface area contributed by atoms with E-state index in [-0.39, 0.29) is 82.5 Å². The monoisotopic (exact) mass is 600 g/mol. The average molecular weight is 601 g/mol. The number of hydrogen-bond acceptors (Lipinski definition) is 12. The molecule has 2 rings (SSSR count). The van der Waals surface area contributed by atoms with Crippen molar-refractivity contribution in [1.82, 2.24) is 30.4 Å². The fourth-order valence-corrected chi connectivity index (χ4v) is 6.56. The van der Waals surface area contributed by atoms with Crippen LogP contribution in [0.1, 0.15) is 66.0 Å². The molecule has 0 amide bonds. The standard InChI is InChI=1S/C18H32N6O6S4.2Na/c1-11(9-17(3,4)33(25,26)27)31-15-19-13(21-23-15)7-8-14-20-16(24-22-14)32-12(2)10-18(5,6)34(28,29)30;;/h11-12H,7-10H2,1-6H3,(H,19,21,23)(H,20,22,24)(H,25,26,27)(H,28,29,30);;/q;2*+1/p-2. The van der Waals surface area contributed by atoms with Gasteiger partial charge in [0, 0.05) is 23.3 Å². The summed E-state index contributed by atoms with van der Waals surface area (Å²) in [7, 11) is -8.83. The summed E-state index contributed by atoms with van der Waals surface area (Å²) in [4.78, 5) is 8.77. The smallest absolute Gasteiger partial charge is 0.748 e. The summed E-state index contributed by atoms with van der Waals surface area (Å²) in [5, 5.41) is 14.6. The largest absolute Gasteiger partial charge is 1.00 e. The quantitative estimate of drug-likeness (QED) is 0.129. The van der Waals surface area contributed by atoms with Gasteiger partial charge < -0.3 is 9.11 Å². The van der Waals surface area contributed by atoms with Gasteiger partial charge in [-0.25, -0.2) is 26.8 Å². The fraction of sp³-hybridized carbons (Fsp3) is 0.778. The van der Waals surface area contributed by atoms with Crippen molar-refractivity contribution < 1.29 is 85.1 Å². The molecule has 36 heavy (non-hydrogen) atoms. The Bertz CT molecular complexity index is 1090. The van der Waals surface area contributed by atoms with Gasteiger partial charge in [-0.3, -0.25) is 10.2 Å². The number of thioether (sulfide) groups is 2. The Labute approximate surface area is 265 Å². The van der Waals surface area contributed by atoms with Gasteiger partial charge in [-0.05, 0) is 40.5 Å². The van der Waals surface area contributed by atoms with E-state index >= 15 is 0 Å². The second kappa shape index (κ2) is 14.4. The van der Waals surface area contributed by atoms with E-state index in [9.17, 15) is 25.9 Å². The van der Waals surface area contributed by atoms with Crippen molar-refractivity contribution in [2.45, 2.75) is 97.5 Å². The van der Waals surface area contributed by atoms with Crippen LogP contribution in [0.4, 0.5) is 0 Å². The van der Waals surface area contributed by atoms with Crippen LogP contribution >= 0.6 is 23.5 Å². The molecule has 0 saturated heterocycles. The van der Waals surface area contributed by atoms with E-state index in [1.165, 1.54) is 51.2 Å². The number of rotatable bonds is 13. The van der Waals surface area contributed by atoms with Crippen molar-refractivity contribution in [3.63, 3.8) is 0 Å². The molecule has 2 atom stereocenters. The van der Waals surface area contributed by atoms with Crippen molar-refractivity contribution >= 4 is 43.8 Å². The van der Waals surface area contributed by atoms with E-state index in [0.717, 1.165) is 0 Å². The van der Waals surface area contributed by atoms with Gasteiger partial charge >= 0.3 is 59.1 Å². The van der Waals surface area contributed by atoms with Crippen molar-refractivity contribution in [3.05, 3.63) is 11.6 Å². The van der Waals surface area contributed by atoms with Crippen LogP contribution in [0.25, 0.3) is 0 Å². The third-order valence-corrected chi connectivity index (χ3v) is 10.1. The summed E-state index contributed by atoms with van der Waals surface area (Å²) < 4.78 is 65.5. The summed E-state index contributed by atoms with van der Waals surface area (Å²) in [6.07, 6.45) is 1.27. The minimum atomic E-state index is -4.41. The molecule has 194 valence electrons. The first-order valence-corrected chi connectivity index (χ1v) is 15.0. The molecule has 0 aromatic carbocycles. The molecule has 0 aliphatic carbocycles. The van der Waals surface area contributed by atoms with Crippen LogP contribution in [-0.2, 0) is 33.1 Å². The molecule has 0 bridgehead atoms. The number of hydrogen-bond donors (Lipinski definition) is 2. The molecule has 0 spiro atoms. The minimum absolute atomic E-state index is 0. The summed E-state index contributed by atoms with van der Waals surface area (Å²) in [6.45, 7) is 9.29. The summed E-state index contributed by atoms with van der Waals surface area (Å²) >= 11 is 2.62. The van der Waals surface area contributed by atoms with Gasteiger partial charge in [-0.1, -0.05) is 37.4 Å². The summed E-state index contributed by atoms with van der Waals surface area (Å²) in [5.41, 5.74) is 0. The number of aromatic nitrogens is 6. The van der Waals surface area contributed by atoms with Crippen molar-refractivity contribution in [2.75, 3.05) is 0 Å². The molecular weight excluding hydrogens is 570 g/mol. The van der Waals surface area contributed by atoms with Crippen molar-refractivity contribution in [2.24, 2.45) is 0 Å². The van der Waals surface area contributed by atoms with Crippen LogP contribution in [0.2, 0.25) is 0 Å². The maximum absolute atomic E-state index is 11.4. The second-order valence-electron chi connectivity index (χ2n) is 9.31. The van der Waals surface area contributed by atoms with Gasteiger partial charge in [-0.2, -0.15) is 10.2 Å². The minimum Gasteiger partial charge on any atom is -0.748 e. The topological polar surface area (TPSA) is 198 Å². The van der Waals surface area contributed by atoms with E-state index in [0.29, 0.717) is 34.8 Å². The van der Waals surface area contributed by atoms with E-state index in [1.54, 1.807) is 0 Å². The molecule has 18 heteroatoms. The zero-order chi connectivity index (χ0) is 25.9. The second-order valence-corrected chi connectivity index (χ2v) is 16.2. The van der Waals surface area contributed by atoms with Crippen LogP contribution < -0.4 is 59.1 Å². The SMILES string of the molecule is CC(CC(C)(C)S(=O)(=O)[O-])Sc1nc(CCc2n[nH]c(SC(C)CC(C)(C)S(=O)(=O)[O-])n2)n[nH]1.[Na+].[Na+]. The van der Waals surface area contributed by atoms with Gasteiger partial charge in [0.2, 0.25) is 0 Å². The molecule has 12 nitrogen and oxygen atoms in total. The first-order chi connectivity index (χ1) is 15.4. The van der Waals surface area contributed by atoms with Crippen molar-refractivity contribution in [1.29, 1.82) is 0 Å². The van der Waals surface area contributed by atoms with Crippen LogP contribution in [0.15, 0.2) is 10.3 Å². The molecule has 2 N–H and O–H groups in total. The molecule has 0 aliphatic rings. The van der Waals surface area contributed by atoms with Crippen LogP contribution in [0.3, 0.4) is 0 Å². The van der Waals surface area contributed by atoms with Crippen molar-refractivity contribution in [3.8, 4) is 0 Å². The van der Waals surface area contributed by atoms with E-state index in [1.807, 2.05) is 13.8 Å². The zero-order valence-corrected chi connectivity index (χ0v) is 29.1. The maximum atomic E-state index is 11.4. The van der Waals surface area contributed by atoms with Crippen LogP contribution in [-0.4, -0.2) is 76.3 Å². The number of aryl methyl sites for hydroxylation is 2.